The van der Waals surface area contributed by atoms with Crippen molar-refractivity contribution in [3.63, 3.8) is 0 Å². The monoisotopic (exact) mass is 520 g/mol. The van der Waals surface area contributed by atoms with E-state index in [0.717, 1.165) is 12.8 Å². The molecule has 0 heterocycles. The molecule has 2 aliphatic rings. The Morgan fingerprint density at radius 2 is 1.00 bits per heavy atom. The van der Waals surface area contributed by atoms with Crippen LogP contribution in [0.5, 0.6) is 0 Å². The van der Waals surface area contributed by atoms with Crippen LogP contribution in [0.25, 0.3) is 0 Å². The first kappa shape index (κ1) is 21.2. The first-order valence-electron chi connectivity index (χ1n) is 11.9. The van der Waals surface area contributed by atoms with Crippen molar-refractivity contribution < 1.29 is 8.11 Å². The Morgan fingerprint density at radius 3 is 1.42 bits per heavy atom. The Morgan fingerprint density at radius 1 is 0.581 bits per heavy atom. The summed E-state index contributed by atoms with van der Waals surface area (Å²) in [5, 5.41) is 0. The maximum atomic E-state index is 7.00. The Hall–Kier alpha value is -1.62. The van der Waals surface area contributed by atoms with Crippen LogP contribution in [0.4, 0.5) is 0 Å². The molecule has 2 aliphatic carbocycles. The first-order valence-corrected chi connectivity index (χ1v) is 17.3. The van der Waals surface area contributed by atoms with Gasteiger partial charge >= 0.3 is 192 Å². The van der Waals surface area contributed by atoms with E-state index >= 15 is 0 Å². The van der Waals surface area contributed by atoms with E-state index in [9.17, 15) is 0 Å². The molecule has 0 atom stereocenters. The fourth-order valence-electron chi connectivity index (χ4n) is 5.79. The zero-order valence-corrected chi connectivity index (χ0v) is 21.1. The van der Waals surface area contributed by atoms with Crippen LogP contribution in [-0.4, -0.2) is 24.4 Å². The SMILES string of the molecule is c1cc[c]([Sn]([O]OC23CCCCC2CCCC3)([c]2ccccc2)[c]2ccccc2)cc1. The second-order valence-electron chi connectivity index (χ2n) is 9.20. The Labute approximate surface area is 191 Å². The average molecular weight is 519 g/mol. The third-order valence-electron chi connectivity index (χ3n) is 7.42. The van der Waals surface area contributed by atoms with Crippen LogP contribution in [0.1, 0.15) is 51.4 Å². The minimum atomic E-state index is -3.84. The van der Waals surface area contributed by atoms with E-state index in [2.05, 4.69) is 91.0 Å². The molecule has 2 fully saturated rings. The zero-order chi connectivity index (χ0) is 21.0. The van der Waals surface area contributed by atoms with Crippen LogP contribution < -0.4 is 10.7 Å². The van der Waals surface area contributed by atoms with Gasteiger partial charge in [-0.3, -0.25) is 0 Å². The third kappa shape index (κ3) is 4.10. The Bertz CT molecular complexity index is 849. The number of benzene rings is 3. The number of hydrogen-bond acceptors (Lipinski definition) is 2. The van der Waals surface area contributed by atoms with Crippen molar-refractivity contribution in [2.24, 2.45) is 5.92 Å². The molecular weight excluding hydrogens is 487 g/mol. The van der Waals surface area contributed by atoms with Crippen molar-refractivity contribution in [1.29, 1.82) is 0 Å². The van der Waals surface area contributed by atoms with E-state index in [4.69, 9.17) is 8.11 Å². The van der Waals surface area contributed by atoms with Gasteiger partial charge in [0.05, 0.1) is 0 Å². The summed E-state index contributed by atoms with van der Waals surface area (Å²) >= 11 is -3.84. The van der Waals surface area contributed by atoms with Crippen LogP contribution in [0.3, 0.4) is 0 Å². The van der Waals surface area contributed by atoms with Gasteiger partial charge in [-0.15, -0.1) is 0 Å². The fraction of sp³-hybridized carbons (Fsp3) is 0.357. The van der Waals surface area contributed by atoms with Gasteiger partial charge in [0.15, 0.2) is 0 Å². The van der Waals surface area contributed by atoms with Gasteiger partial charge in [-0.1, -0.05) is 0 Å². The first-order chi connectivity index (χ1) is 15.3. The standard InChI is InChI=1S/C10H18O2.3C6H5.Sn/c11-12-10-7-3-1-5-9(10)6-2-4-8-10;3*1-2-4-6-5-3-1;/h9,11H,1-8H2;3*1-5H;/q;;;;+1/p-1. The summed E-state index contributed by atoms with van der Waals surface area (Å²) in [7, 11) is 0. The summed E-state index contributed by atoms with van der Waals surface area (Å²) in [6.07, 6.45) is 10.0. The van der Waals surface area contributed by atoms with Crippen LogP contribution in [0, 0.1) is 5.92 Å². The Kier molecular flexibility index (Phi) is 6.49. The van der Waals surface area contributed by atoms with Crippen molar-refractivity contribution in [2.75, 3.05) is 0 Å². The van der Waals surface area contributed by atoms with E-state index in [1.165, 1.54) is 49.3 Å². The molecule has 3 aromatic carbocycles. The van der Waals surface area contributed by atoms with Crippen LogP contribution in [0.15, 0.2) is 91.0 Å². The van der Waals surface area contributed by atoms with Crippen molar-refractivity contribution >= 4 is 29.5 Å². The van der Waals surface area contributed by atoms with Crippen molar-refractivity contribution in [3.8, 4) is 0 Å². The van der Waals surface area contributed by atoms with Gasteiger partial charge in [-0.25, -0.2) is 0 Å². The molecule has 31 heavy (non-hydrogen) atoms. The molecule has 5 rings (SSSR count). The van der Waals surface area contributed by atoms with E-state index < -0.39 is 18.8 Å². The van der Waals surface area contributed by atoms with Gasteiger partial charge in [0.2, 0.25) is 0 Å². The molecular formula is C28H32O2Sn. The van der Waals surface area contributed by atoms with Gasteiger partial charge in [-0.05, 0) is 0 Å². The van der Waals surface area contributed by atoms with E-state index in [1.807, 2.05) is 0 Å². The molecule has 3 aromatic rings. The van der Waals surface area contributed by atoms with E-state index in [0.29, 0.717) is 5.92 Å². The summed E-state index contributed by atoms with van der Waals surface area (Å²) in [6.45, 7) is 0. The van der Waals surface area contributed by atoms with Crippen molar-refractivity contribution in [2.45, 2.75) is 57.0 Å². The summed E-state index contributed by atoms with van der Waals surface area (Å²) < 4.78 is 10.9. The molecule has 0 saturated heterocycles. The van der Waals surface area contributed by atoms with Gasteiger partial charge in [0, 0.05) is 0 Å². The molecule has 0 N–H and O–H groups in total. The van der Waals surface area contributed by atoms with E-state index in [-0.39, 0.29) is 5.60 Å². The molecule has 0 unspecified atom stereocenters. The number of hydrogen-bond donors (Lipinski definition) is 0. The van der Waals surface area contributed by atoms with Crippen molar-refractivity contribution in [1.82, 2.24) is 0 Å². The third-order valence-corrected chi connectivity index (χ3v) is 18.2. The zero-order valence-electron chi connectivity index (χ0n) is 18.2. The molecule has 0 bridgehead atoms. The predicted octanol–water partition coefficient (Wildman–Crippen LogP) is 5.10. The summed E-state index contributed by atoms with van der Waals surface area (Å²) in [6, 6.07) is 32.6. The van der Waals surface area contributed by atoms with Crippen LogP contribution in [-0.2, 0) is 8.11 Å². The average Bonchev–Trinajstić information content (AvgIpc) is 2.86. The molecule has 0 amide bonds. The Balaban J connectivity index is 1.62. The van der Waals surface area contributed by atoms with Gasteiger partial charge in [0.1, 0.15) is 0 Å². The topological polar surface area (TPSA) is 18.5 Å². The van der Waals surface area contributed by atoms with Gasteiger partial charge in [-0.2, -0.15) is 0 Å². The molecule has 0 aromatic heterocycles. The van der Waals surface area contributed by atoms with Crippen molar-refractivity contribution in [3.05, 3.63) is 91.0 Å². The number of rotatable bonds is 6. The molecule has 3 heteroatoms. The summed E-state index contributed by atoms with van der Waals surface area (Å²) in [5.74, 6) is 0.640. The maximum absolute atomic E-state index is 7.00. The summed E-state index contributed by atoms with van der Waals surface area (Å²) in [5.41, 5.74) is -0.100. The minimum absolute atomic E-state index is 0.100. The van der Waals surface area contributed by atoms with Gasteiger partial charge < -0.3 is 0 Å². The molecule has 0 aliphatic heterocycles. The molecule has 2 saturated carbocycles. The molecule has 2 nitrogen and oxygen atoms in total. The molecule has 0 radical (unpaired) electrons. The van der Waals surface area contributed by atoms with Crippen LogP contribution in [0.2, 0.25) is 0 Å². The number of fused-ring (bicyclic) bond motifs is 1. The quantitative estimate of drug-likeness (QED) is 0.256. The molecule has 160 valence electrons. The van der Waals surface area contributed by atoms with E-state index in [1.54, 1.807) is 0 Å². The normalized spacial score (nSPS) is 23.8. The summed E-state index contributed by atoms with van der Waals surface area (Å²) in [4.78, 5) is 6.80. The fourth-order valence-corrected chi connectivity index (χ4v) is 16.0. The second-order valence-corrected chi connectivity index (χ2v) is 18.5. The second kappa shape index (κ2) is 9.48. The van der Waals surface area contributed by atoms with Gasteiger partial charge in [0.25, 0.3) is 0 Å². The molecule has 0 spiro atoms. The van der Waals surface area contributed by atoms with Crippen LogP contribution >= 0.6 is 0 Å². The predicted molar refractivity (Wildman–Crippen MR) is 129 cm³/mol.